The van der Waals surface area contributed by atoms with Crippen LogP contribution < -0.4 is 9.96 Å². The summed E-state index contributed by atoms with van der Waals surface area (Å²) in [6.45, 7) is 0. The van der Waals surface area contributed by atoms with Crippen LogP contribution in [0.4, 0.5) is 16.2 Å². The van der Waals surface area contributed by atoms with Gasteiger partial charge < -0.3 is 4.84 Å². The summed E-state index contributed by atoms with van der Waals surface area (Å²) in [6, 6.07) is 24.5. The second kappa shape index (κ2) is 7.02. The van der Waals surface area contributed by atoms with E-state index in [1.54, 1.807) is 22.1 Å². The number of hydrogen-bond donors (Lipinski definition) is 0. The molecule has 0 saturated carbocycles. The first-order valence-corrected chi connectivity index (χ1v) is 9.17. The average Bonchev–Trinajstić information content (AvgIpc) is 3.00. The second-order valence-corrected chi connectivity index (χ2v) is 7.15. The van der Waals surface area contributed by atoms with Crippen LogP contribution in [0.1, 0.15) is 11.7 Å². The minimum Gasteiger partial charge on any atom is -0.319 e. The molecule has 0 bridgehead atoms. The van der Waals surface area contributed by atoms with Crippen LogP contribution in [0.2, 0.25) is 5.02 Å². The molecule has 3 aromatic rings. The van der Waals surface area contributed by atoms with Gasteiger partial charge in [-0.05, 0) is 48.0 Å². The van der Waals surface area contributed by atoms with Gasteiger partial charge in [-0.25, -0.2) is 9.69 Å². The van der Waals surface area contributed by atoms with Crippen LogP contribution in [0.15, 0.2) is 83.3 Å². The molecule has 1 heterocycles. The van der Waals surface area contributed by atoms with Crippen LogP contribution in [0.25, 0.3) is 0 Å². The lowest BCUT2D eigenvalue weighted by Crippen LogP contribution is -2.31. The van der Waals surface area contributed by atoms with Crippen molar-refractivity contribution in [2.24, 2.45) is 0 Å². The Kier molecular flexibility index (Phi) is 4.57. The molecule has 1 aliphatic heterocycles. The van der Waals surface area contributed by atoms with E-state index < -0.39 is 12.3 Å². The fraction of sp³-hybridized carbons (Fsp3) is 0.0500. The number of para-hydroxylation sites is 1. The van der Waals surface area contributed by atoms with Gasteiger partial charge in [0.25, 0.3) is 0 Å². The van der Waals surface area contributed by atoms with Gasteiger partial charge in [0.1, 0.15) is 0 Å². The van der Waals surface area contributed by atoms with Gasteiger partial charge in [-0.2, -0.15) is 5.06 Å². The molecule has 3 aromatic carbocycles. The van der Waals surface area contributed by atoms with Crippen molar-refractivity contribution in [2.75, 3.05) is 9.96 Å². The van der Waals surface area contributed by atoms with E-state index in [-0.39, 0.29) is 0 Å². The Bertz CT molecular complexity index is 934. The summed E-state index contributed by atoms with van der Waals surface area (Å²) in [4.78, 5) is 19.9. The van der Waals surface area contributed by atoms with Crippen molar-refractivity contribution in [3.8, 4) is 0 Å². The minimum absolute atomic E-state index is 0.448. The van der Waals surface area contributed by atoms with Crippen LogP contribution >= 0.6 is 27.5 Å². The third kappa shape index (κ3) is 3.16. The van der Waals surface area contributed by atoms with Crippen molar-refractivity contribution in [1.29, 1.82) is 0 Å². The number of amides is 1. The number of halogens is 2. The van der Waals surface area contributed by atoms with Crippen molar-refractivity contribution in [3.63, 3.8) is 0 Å². The fourth-order valence-electron chi connectivity index (χ4n) is 2.94. The van der Waals surface area contributed by atoms with Crippen LogP contribution in [0.5, 0.6) is 0 Å². The third-order valence-electron chi connectivity index (χ3n) is 4.11. The highest BCUT2D eigenvalue weighted by Crippen LogP contribution is 2.40. The lowest BCUT2D eigenvalue weighted by molar-refractivity contribution is 0.164. The van der Waals surface area contributed by atoms with Crippen LogP contribution in [-0.2, 0) is 4.84 Å². The summed E-state index contributed by atoms with van der Waals surface area (Å²) in [5.74, 6) is 0. The SMILES string of the molecule is O=C1ON(c2ccccc2)[C@H](c2ccc(Br)cc2)N1c1cccc(Cl)c1. The van der Waals surface area contributed by atoms with E-state index in [0.29, 0.717) is 10.7 Å². The van der Waals surface area contributed by atoms with Gasteiger partial charge in [0, 0.05) is 9.50 Å². The van der Waals surface area contributed by atoms with Crippen molar-refractivity contribution in [3.05, 3.63) is 93.9 Å². The molecule has 0 aromatic heterocycles. The Balaban J connectivity index is 1.84. The predicted molar refractivity (Wildman–Crippen MR) is 106 cm³/mol. The Labute approximate surface area is 164 Å². The molecule has 0 radical (unpaired) electrons. The molecule has 1 fully saturated rings. The summed E-state index contributed by atoms with van der Waals surface area (Å²) in [7, 11) is 0. The first-order chi connectivity index (χ1) is 12.6. The zero-order valence-corrected chi connectivity index (χ0v) is 15.9. The molecule has 0 spiro atoms. The highest BCUT2D eigenvalue weighted by atomic mass is 79.9. The lowest BCUT2D eigenvalue weighted by Gasteiger charge is -2.27. The average molecular weight is 430 g/mol. The Morgan fingerprint density at radius 2 is 1.58 bits per heavy atom. The molecule has 0 unspecified atom stereocenters. The number of nitrogens with zero attached hydrogens (tertiary/aromatic N) is 2. The molecule has 1 saturated heterocycles. The topological polar surface area (TPSA) is 32.8 Å². The maximum absolute atomic E-state index is 12.7. The maximum atomic E-state index is 12.7. The quantitative estimate of drug-likeness (QED) is 0.498. The number of hydroxylamine groups is 1. The monoisotopic (exact) mass is 428 g/mol. The van der Waals surface area contributed by atoms with Crippen molar-refractivity contribution in [1.82, 2.24) is 0 Å². The lowest BCUT2D eigenvalue weighted by atomic mass is 10.1. The zero-order valence-electron chi connectivity index (χ0n) is 13.5. The van der Waals surface area contributed by atoms with E-state index in [1.807, 2.05) is 66.7 Å². The van der Waals surface area contributed by atoms with Gasteiger partial charge in [-0.1, -0.05) is 63.9 Å². The summed E-state index contributed by atoms with van der Waals surface area (Å²) in [6.07, 6.45) is -0.902. The van der Waals surface area contributed by atoms with Gasteiger partial charge in [-0.3, -0.25) is 0 Å². The molecule has 4 nitrogen and oxygen atoms in total. The standard InChI is InChI=1S/C20H14BrClN2O2/c21-15-11-9-14(10-12-15)19-23(18-8-4-5-16(22)13-18)20(25)26-24(19)17-6-2-1-3-7-17/h1-13,19H/t19-/m1/s1. The van der Waals surface area contributed by atoms with Gasteiger partial charge >= 0.3 is 6.09 Å². The molecule has 26 heavy (non-hydrogen) atoms. The minimum atomic E-state index is -0.455. The Hall–Kier alpha value is -2.50. The van der Waals surface area contributed by atoms with E-state index in [1.165, 1.54) is 0 Å². The number of carbonyl (C=O) groups is 1. The van der Waals surface area contributed by atoms with E-state index in [2.05, 4.69) is 15.9 Å². The van der Waals surface area contributed by atoms with Gasteiger partial charge in [-0.15, -0.1) is 0 Å². The van der Waals surface area contributed by atoms with E-state index in [0.717, 1.165) is 15.7 Å². The van der Waals surface area contributed by atoms with Crippen LogP contribution in [-0.4, -0.2) is 6.09 Å². The molecular formula is C20H14BrClN2O2. The molecule has 4 rings (SSSR count). The van der Waals surface area contributed by atoms with Gasteiger partial charge in [0.2, 0.25) is 0 Å². The summed E-state index contributed by atoms with van der Waals surface area (Å²) in [5.41, 5.74) is 2.38. The van der Waals surface area contributed by atoms with E-state index in [4.69, 9.17) is 16.4 Å². The van der Waals surface area contributed by atoms with Gasteiger partial charge in [0.15, 0.2) is 6.17 Å². The molecule has 1 amide bonds. The van der Waals surface area contributed by atoms with Crippen molar-refractivity contribution < 1.29 is 9.63 Å². The Morgan fingerprint density at radius 3 is 2.27 bits per heavy atom. The fourth-order valence-corrected chi connectivity index (χ4v) is 3.39. The van der Waals surface area contributed by atoms with E-state index >= 15 is 0 Å². The van der Waals surface area contributed by atoms with E-state index in [9.17, 15) is 4.79 Å². The number of anilines is 2. The first kappa shape index (κ1) is 16.9. The number of benzene rings is 3. The third-order valence-corrected chi connectivity index (χ3v) is 4.87. The summed E-state index contributed by atoms with van der Waals surface area (Å²) >= 11 is 9.59. The summed E-state index contributed by atoms with van der Waals surface area (Å²) < 4.78 is 0.965. The number of rotatable bonds is 3. The van der Waals surface area contributed by atoms with Crippen LogP contribution in [0.3, 0.4) is 0 Å². The molecular weight excluding hydrogens is 416 g/mol. The number of carbonyl (C=O) groups excluding carboxylic acids is 1. The molecule has 1 atom stereocenters. The number of hydrogen-bond acceptors (Lipinski definition) is 3. The smallest absolute Gasteiger partial charge is 0.319 e. The maximum Gasteiger partial charge on any atom is 0.440 e. The first-order valence-electron chi connectivity index (χ1n) is 8.00. The highest BCUT2D eigenvalue weighted by Gasteiger charge is 2.42. The predicted octanol–water partition coefficient (Wildman–Crippen LogP) is 6.18. The molecule has 6 heteroatoms. The summed E-state index contributed by atoms with van der Waals surface area (Å²) in [5, 5.41) is 2.18. The normalized spacial score (nSPS) is 16.7. The Morgan fingerprint density at radius 1 is 0.885 bits per heavy atom. The molecule has 0 N–H and O–H groups in total. The second-order valence-electron chi connectivity index (χ2n) is 5.79. The largest absolute Gasteiger partial charge is 0.440 e. The molecule has 1 aliphatic rings. The van der Waals surface area contributed by atoms with Crippen molar-refractivity contribution in [2.45, 2.75) is 6.17 Å². The zero-order chi connectivity index (χ0) is 18.1. The van der Waals surface area contributed by atoms with Crippen molar-refractivity contribution >= 4 is 45.0 Å². The highest BCUT2D eigenvalue weighted by molar-refractivity contribution is 9.10. The molecule has 0 aliphatic carbocycles. The van der Waals surface area contributed by atoms with Gasteiger partial charge in [0.05, 0.1) is 11.4 Å². The van der Waals surface area contributed by atoms with Crippen LogP contribution in [0, 0.1) is 0 Å². The molecule has 130 valence electrons.